The Bertz CT molecular complexity index is 545. The van der Waals surface area contributed by atoms with Crippen molar-refractivity contribution < 1.29 is 9.31 Å². The first-order chi connectivity index (χ1) is 7.18. The van der Waals surface area contributed by atoms with Crippen molar-refractivity contribution in [2.75, 3.05) is 0 Å². The maximum absolute atomic E-state index is 13.2. The van der Waals surface area contributed by atoms with Gasteiger partial charge in [0.25, 0.3) is 0 Å². The van der Waals surface area contributed by atoms with Crippen LogP contribution in [-0.2, 0) is 0 Å². The highest BCUT2D eigenvalue weighted by Crippen LogP contribution is 2.21. The zero-order chi connectivity index (χ0) is 10.8. The Labute approximate surface area is 84.2 Å². The Morgan fingerprint density at radius 3 is 3.00 bits per heavy atom. The summed E-state index contributed by atoms with van der Waals surface area (Å²) >= 11 is 0. The van der Waals surface area contributed by atoms with Gasteiger partial charge in [-0.2, -0.15) is 0 Å². The molecular weight excluding hydrogens is 199 g/mol. The maximum atomic E-state index is 13.2. The van der Waals surface area contributed by atoms with Crippen LogP contribution in [0.2, 0.25) is 0 Å². The molecule has 1 aromatic heterocycles. The molecule has 76 valence electrons. The van der Waals surface area contributed by atoms with Crippen molar-refractivity contribution in [3.05, 3.63) is 52.1 Å². The van der Waals surface area contributed by atoms with Crippen molar-refractivity contribution >= 4 is 17.0 Å². The van der Waals surface area contributed by atoms with Crippen LogP contribution in [0.25, 0.3) is 17.0 Å². The molecule has 0 aliphatic rings. The molecule has 0 unspecified atom stereocenters. The van der Waals surface area contributed by atoms with Gasteiger partial charge >= 0.3 is 0 Å². The molecule has 2 aromatic rings. The zero-order valence-corrected chi connectivity index (χ0v) is 7.61. The molecule has 0 saturated heterocycles. The molecule has 0 aliphatic carbocycles. The number of aromatic nitrogens is 1. The number of rotatable bonds is 2. The fraction of sp³-hybridized carbons (Fsp3) is 0. The van der Waals surface area contributed by atoms with E-state index in [9.17, 15) is 14.5 Å². The summed E-state index contributed by atoms with van der Waals surface area (Å²) in [5, 5.41) is 10.8. The van der Waals surface area contributed by atoms with Gasteiger partial charge in [-0.3, -0.25) is 10.1 Å². The monoisotopic (exact) mass is 206 g/mol. The number of para-hydroxylation sites is 1. The summed E-state index contributed by atoms with van der Waals surface area (Å²) in [6.45, 7) is 0. The van der Waals surface area contributed by atoms with Gasteiger partial charge in [-0.1, -0.05) is 12.1 Å². The standard InChI is InChI=1S/C10H7FN2O2/c11-9-3-1-2-8-7(4-5-13(14)15)6-12-10(8)9/h1-6,12H. The Kier molecular flexibility index (Phi) is 2.21. The number of nitrogens with zero attached hydrogens (tertiary/aromatic N) is 1. The van der Waals surface area contributed by atoms with Gasteiger partial charge in [-0.05, 0) is 6.07 Å². The highest BCUT2D eigenvalue weighted by molar-refractivity contribution is 5.88. The van der Waals surface area contributed by atoms with Crippen LogP contribution >= 0.6 is 0 Å². The van der Waals surface area contributed by atoms with Crippen molar-refractivity contribution in [1.29, 1.82) is 0 Å². The molecule has 5 heteroatoms. The van der Waals surface area contributed by atoms with Crippen LogP contribution in [-0.4, -0.2) is 9.91 Å². The van der Waals surface area contributed by atoms with Crippen molar-refractivity contribution in [3.63, 3.8) is 0 Å². The molecule has 0 radical (unpaired) electrons. The molecule has 0 amide bonds. The first kappa shape index (κ1) is 9.39. The minimum atomic E-state index is -0.557. The summed E-state index contributed by atoms with van der Waals surface area (Å²) in [6, 6.07) is 4.60. The Morgan fingerprint density at radius 2 is 2.27 bits per heavy atom. The van der Waals surface area contributed by atoms with Gasteiger partial charge in [0.2, 0.25) is 6.20 Å². The minimum Gasteiger partial charge on any atom is -0.358 e. The first-order valence-electron chi connectivity index (χ1n) is 4.26. The molecule has 0 fully saturated rings. The average molecular weight is 206 g/mol. The van der Waals surface area contributed by atoms with Crippen molar-refractivity contribution in [2.45, 2.75) is 0 Å². The number of benzene rings is 1. The summed E-state index contributed by atoms with van der Waals surface area (Å²) in [5.74, 6) is -0.367. The van der Waals surface area contributed by atoms with Gasteiger partial charge < -0.3 is 4.98 Å². The lowest BCUT2D eigenvalue weighted by atomic mass is 10.2. The highest BCUT2D eigenvalue weighted by atomic mass is 19.1. The second-order valence-corrected chi connectivity index (χ2v) is 3.01. The van der Waals surface area contributed by atoms with Gasteiger partial charge in [-0.25, -0.2) is 4.39 Å². The molecule has 0 spiro atoms. The molecule has 15 heavy (non-hydrogen) atoms. The molecule has 1 N–H and O–H groups in total. The smallest absolute Gasteiger partial charge is 0.235 e. The first-order valence-corrected chi connectivity index (χ1v) is 4.26. The third-order valence-electron chi connectivity index (χ3n) is 2.07. The van der Waals surface area contributed by atoms with Gasteiger partial charge in [-0.15, -0.1) is 0 Å². The van der Waals surface area contributed by atoms with Crippen molar-refractivity contribution in [1.82, 2.24) is 4.98 Å². The minimum absolute atomic E-state index is 0.362. The van der Waals surface area contributed by atoms with E-state index in [2.05, 4.69) is 4.98 Å². The normalized spacial score (nSPS) is 11.3. The summed E-state index contributed by atoms with van der Waals surface area (Å²) < 4.78 is 13.2. The topological polar surface area (TPSA) is 58.9 Å². The number of nitro groups is 1. The summed E-state index contributed by atoms with van der Waals surface area (Å²) in [4.78, 5) is 12.3. The number of hydrogen-bond donors (Lipinski definition) is 1. The molecule has 0 atom stereocenters. The number of halogens is 1. The van der Waals surface area contributed by atoms with E-state index in [1.165, 1.54) is 18.3 Å². The summed E-state index contributed by atoms with van der Waals surface area (Å²) in [7, 11) is 0. The molecular formula is C10H7FN2O2. The van der Waals surface area contributed by atoms with E-state index >= 15 is 0 Å². The van der Waals surface area contributed by atoms with Gasteiger partial charge in [0, 0.05) is 23.2 Å². The van der Waals surface area contributed by atoms with E-state index in [1.54, 1.807) is 12.1 Å². The Morgan fingerprint density at radius 1 is 1.47 bits per heavy atom. The van der Waals surface area contributed by atoms with E-state index in [0.717, 1.165) is 6.20 Å². The predicted molar refractivity (Wildman–Crippen MR) is 54.3 cm³/mol. The molecule has 2 rings (SSSR count). The highest BCUT2D eigenvalue weighted by Gasteiger charge is 2.05. The van der Waals surface area contributed by atoms with Crippen LogP contribution in [0.5, 0.6) is 0 Å². The van der Waals surface area contributed by atoms with Crippen LogP contribution < -0.4 is 0 Å². The molecule has 0 aliphatic heterocycles. The maximum Gasteiger partial charge on any atom is 0.235 e. The second-order valence-electron chi connectivity index (χ2n) is 3.01. The lowest BCUT2D eigenvalue weighted by Crippen LogP contribution is -1.81. The van der Waals surface area contributed by atoms with Gasteiger partial charge in [0.15, 0.2) is 0 Å². The van der Waals surface area contributed by atoms with Crippen LogP contribution in [0.4, 0.5) is 4.39 Å². The number of fused-ring (bicyclic) bond motifs is 1. The predicted octanol–water partition coefficient (Wildman–Crippen LogP) is 2.55. The van der Waals surface area contributed by atoms with E-state index in [1.807, 2.05) is 0 Å². The third-order valence-corrected chi connectivity index (χ3v) is 2.07. The fourth-order valence-electron chi connectivity index (χ4n) is 1.42. The number of nitrogens with one attached hydrogen (secondary N) is 1. The van der Waals surface area contributed by atoms with Crippen molar-refractivity contribution in [3.8, 4) is 0 Å². The lowest BCUT2D eigenvalue weighted by Gasteiger charge is -1.91. The average Bonchev–Trinajstić information content (AvgIpc) is 2.59. The number of aromatic amines is 1. The molecule has 1 aromatic carbocycles. The zero-order valence-electron chi connectivity index (χ0n) is 7.61. The third kappa shape index (κ3) is 1.71. The SMILES string of the molecule is O=[N+]([O-])C=Cc1c[nH]c2c(F)cccc12. The number of H-pyrrole nitrogens is 1. The lowest BCUT2D eigenvalue weighted by molar-refractivity contribution is -0.400. The Balaban J connectivity index is 2.54. The van der Waals surface area contributed by atoms with E-state index in [-0.39, 0.29) is 5.82 Å². The molecule has 1 heterocycles. The van der Waals surface area contributed by atoms with Crippen LogP contribution in [0.3, 0.4) is 0 Å². The number of hydrogen-bond acceptors (Lipinski definition) is 2. The van der Waals surface area contributed by atoms with Gasteiger partial charge in [0.1, 0.15) is 5.82 Å². The molecule has 0 saturated carbocycles. The fourth-order valence-corrected chi connectivity index (χ4v) is 1.42. The quantitative estimate of drug-likeness (QED) is 0.606. The molecule has 0 bridgehead atoms. The largest absolute Gasteiger partial charge is 0.358 e. The summed E-state index contributed by atoms with van der Waals surface area (Å²) in [6.07, 6.45) is 3.69. The van der Waals surface area contributed by atoms with Gasteiger partial charge in [0.05, 0.1) is 10.4 Å². The van der Waals surface area contributed by atoms with E-state index < -0.39 is 4.92 Å². The van der Waals surface area contributed by atoms with E-state index in [0.29, 0.717) is 16.5 Å². The second kappa shape index (κ2) is 3.53. The molecule has 4 nitrogen and oxygen atoms in total. The van der Waals surface area contributed by atoms with Crippen LogP contribution in [0, 0.1) is 15.9 Å². The van der Waals surface area contributed by atoms with E-state index in [4.69, 9.17) is 0 Å². The van der Waals surface area contributed by atoms with Crippen molar-refractivity contribution in [2.24, 2.45) is 0 Å². The van der Waals surface area contributed by atoms with Crippen LogP contribution in [0.15, 0.2) is 30.6 Å². The Hall–Kier alpha value is -2.17. The summed E-state index contributed by atoms with van der Waals surface area (Å²) in [5.41, 5.74) is 0.960. The van der Waals surface area contributed by atoms with Crippen LogP contribution in [0.1, 0.15) is 5.56 Å².